The Morgan fingerprint density at radius 1 is 1.30 bits per heavy atom. The van der Waals surface area contributed by atoms with Gasteiger partial charge in [-0.05, 0) is 38.5 Å². The molecule has 0 heterocycles. The Bertz CT molecular complexity index is 577. The molecule has 1 aromatic carbocycles. The molecule has 1 rings (SSSR count). The van der Waals surface area contributed by atoms with Gasteiger partial charge in [-0.15, -0.1) is 0 Å². The van der Waals surface area contributed by atoms with Gasteiger partial charge < -0.3 is 24.6 Å². The van der Waals surface area contributed by atoms with Gasteiger partial charge in [0.1, 0.15) is 11.4 Å². The normalized spacial score (nSPS) is 12.4. The molecule has 0 aliphatic heterocycles. The maximum Gasteiger partial charge on any atom is 0.410 e. The van der Waals surface area contributed by atoms with Crippen molar-refractivity contribution in [2.45, 2.75) is 38.8 Å². The second kappa shape index (κ2) is 7.26. The summed E-state index contributed by atoms with van der Waals surface area (Å²) >= 11 is 0. The zero-order valence-electron chi connectivity index (χ0n) is 14.3. The molecule has 0 bridgehead atoms. The first-order valence-electron chi connectivity index (χ1n) is 7.24. The van der Waals surface area contributed by atoms with Crippen molar-refractivity contribution in [3.63, 3.8) is 0 Å². The summed E-state index contributed by atoms with van der Waals surface area (Å²) in [6.07, 6.45) is -0.139. The van der Waals surface area contributed by atoms with Crippen LogP contribution in [-0.4, -0.2) is 47.0 Å². The van der Waals surface area contributed by atoms with E-state index in [4.69, 9.17) is 9.47 Å². The van der Waals surface area contributed by atoms with Crippen LogP contribution in [0, 0.1) is 0 Å². The lowest BCUT2D eigenvalue weighted by Crippen LogP contribution is -2.43. The molecule has 6 heteroatoms. The Kier molecular flexibility index (Phi) is 5.90. The summed E-state index contributed by atoms with van der Waals surface area (Å²) in [4.78, 5) is 13.7. The average Bonchev–Trinajstić information content (AvgIpc) is 2.45. The number of likely N-dealkylation sites (N-methyl/N-ethyl adjacent to an activating group) is 1. The highest BCUT2D eigenvalue weighted by molar-refractivity contribution is 5.68. The minimum absolute atomic E-state index is 0.198. The van der Waals surface area contributed by atoms with Crippen molar-refractivity contribution >= 4 is 6.09 Å². The van der Waals surface area contributed by atoms with Gasteiger partial charge in [0.15, 0.2) is 11.5 Å². The van der Waals surface area contributed by atoms with Crippen LogP contribution < -0.4 is 0 Å². The Morgan fingerprint density at radius 2 is 1.91 bits per heavy atom. The minimum Gasteiger partial charge on any atom is -0.504 e. The number of hydrogen-bond donors (Lipinski definition) is 2. The van der Waals surface area contributed by atoms with Gasteiger partial charge in [0.05, 0.1) is 13.2 Å². The van der Waals surface area contributed by atoms with Gasteiger partial charge in [0.25, 0.3) is 0 Å². The number of nitrogens with zero attached hydrogens (tertiary/aromatic N) is 1. The monoisotopic (exact) mass is 323 g/mol. The first-order chi connectivity index (χ1) is 10.5. The quantitative estimate of drug-likeness (QED) is 0.643. The number of ether oxygens (including phenoxy) is 2. The lowest BCUT2D eigenvalue weighted by molar-refractivity contribution is 0.0207. The standard InChI is InChI=1S/C17H25NO5/c1-11(22-6)13(18(5)16(21)23-17(2,3)4)9-12-7-8-14(19)15(20)10-12/h7-8,10,13,19-20H,1,9H2,2-6H3. The molecule has 6 nitrogen and oxygen atoms in total. The second-order valence-electron chi connectivity index (χ2n) is 6.30. The molecule has 0 saturated carbocycles. The summed E-state index contributed by atoms with van der Waals surface area (Å²) in [7, 11) is 3.08. The van der Waals surface area contributed by atoms with E-state index in [2.05, 4.69) is 6.58 Å². The van der Waals surface area contributed by atoms with Crippen molar-refractivity contribution in [3.05, 3.63) is 36.1 Å². The molecule has 0 aliphatic carbocycles. The molecule has 0 saturated heterocycles. The first-order valence-corrected chi connectivity index (χ1v) is 7.24. The van der Waals surface area contributed by atoms with Gasteiger partial charge in [-0.25, -0.2) is 4.79 Å². The second-order valence-corrected chi connectivity index (χ2v) is 6.30. The van der Waals surface area contributed by atoms with Crippen LogP contribution in [0.3, 0.4) is 0 Å². The highest BCUT2D eigenvalue weighted by Gasteiger charge is 2.28. The van der Waals surface area contributed by atoms with Crippen molar-refractivity contribution in [1.29, 1.82) is 0 Å². The molecule has 23 heavy (non-hydrogen) atoms. The average molecular weight is 323 g/mol. The number of phenols is 2. The maximum atomic E-state index is 12.2. The number of amides is 1. The van der Waals surface area contributed by atoms with Crippen molar-refractivity contribution < 1.29 is 24.5 Å². The molecule has 2 N–H and O–H groups in total. The van der Waals surface area contributed by atoms with Crippen LogP contribution in [0.5, 0.6) is 11.5 Å². The van der Waals surface area contributed by atoms with Crippen LogP contribution >= 0.6 is 0 Å². The van der Waals surface area contributed by atoms with Gasteiger partial charge in [0, 0.05) is 13.5 Å². The number of carbonyl (C=O) groups excluding carboxylic acids is 1. The maximum absolute atomic E-state index is 12.2. The largest absolute Gasteiger partial charge is 0.504 e. The van der Waals surface area contributed by atoms with Crippen molar-refractivity contribution in [1.82, 2.24) is 4.90 Å². The van der Waals surface area contributed by atoms with Crippen LogP contribution in [0.4, 0.5) is 4.79 Å². The molecule has 0 aromatic heterocycles. The van der Waals surface area contributed by atoms with Crippen LogP contribution in [0.25, 0.3) is 0 Å². The molecule has 1 aromatic rings. The summed E-state index contributed by atoms with van der Waals surface area (Å²) in [5.41, 5.74) is 0.111. The Labute approximate surface area is 136 Å². The van der Waals surface area contributed by atoms with Crippen LogP contribution in [0.2, 0.25) is 0 Å². The molecule has 1 amide bonds. The third-order valence-corrected chi connectivity index (χ3v) is 3.25. The topological polar surface area (TPSA) is 79.2 Å². The Morgan fingerprint density at radius 3 is 2.39 bits per heavy atom. The zero-order chi connectivity index (χ0) is 17.8. The van der Waals surface area contributed by atoms with E-state index in [1.807, 2.05) is 0 Å². The summed E-state index contributed by atoms with van der Waals surface area (Å²) in [5.74, 6) is -0.0218. The van der Waals surface area contributed by atoms with Gasteiger partial charge in [-0.1, -0.05) is 12.6 Å². The van der Waals surface area contributed by atoms with Gasteiger partial charge in [0.2, 0.25) is 0 Å². The number of aromatic hydroxyl groups is 2. The SMILES string of the molecule is C=C(OC)C(Cc1ccc(O)c(O)c1)N(C)C(=O)OC(C)(C)C. The lowest BCUT2D eigenvalue weighted by Gasteiger charge is -2.31. The Hall–Kier alpha value is -2.37. The third-order valence-electron chi connectivity index (χ3n) is 3.25. The van der Waals surface area contributed by atoms with E-state index < -0.39 is 17.7 Å². The Balaban J connectivity index is 2.97. The summed E-state index contributed by atoms with van der Waals surface area (Å²) in [5, 5.41) is 19.0. The van der Waals surface area contributed by atoms with Gasteiger partial charge in [-0.3, -0.25) is 0 Å². The molecular formula is C17H25NO5. The fourth-order valence-electron chi connectivity index (χ4n) is 1.98. The van der Waals surface area contributed by atoms with Crippen LogP contribution in [-0.2, 0) is 15.9 Å². The van der Waals surface area contributed by atoms with Crippen molar-refractivity contribution in [3.8, 4) is 11.5 Å². The highest BCUT2D eigenvalue weighted by atomic mass is 16.6. The summed E-state index contributed by atoms with van der Waals surface area (Å²) < 4.78 is 10.5. The summed E-state index contributed by atoms with van der Waals surface area (Å²) in [6.45, 7) is 9.19. The number of methoxy groups -OCH3 is 1. The molecular weight excluding hydrogens is 298 g/mol. The van der Waals surface area contributed by atoms with Crippen LogP contribution in [0.15, 0.2) is 30.5 Å². The van der Waals surface area contributed by atoms with E-state index in [1.165, 1.54) is 24.1 Å². The zero-order valence-corrected chi connectivity index (χ0v) is 14.3. The fraction of sp³-hybridized carbons (Fsp3) is 0.471. The lowest BCUT2D eigenvalue weighted by atomic mass is 10.0. The van der Waals surface area contributed by atoms with E-state index in [0.717, 1.165) is 5.56 Å². The molecule has 1 atom stereocenters. The van der Waals surface area contributed by atoms with E-state index >= 15 is 0 Å². The molecule has 128 valence electrons. The molecule has 1 unspecified atom stereocenters. The fourth-order valence-corrected chi connectivity index (χ4v) is 1.98. The first kappa shape index (κ1) is 18.7. The van der Waals surface area contributed by atoms with Crippen molar-refractivity contribution in [2.75, 3.05) is 14.2 Å². The number of phenolic OH excluding ortho intramolecular Hbond substituents is 2. The van der Waals surface area contributed by atoms with E-state index in [9.17, 15) is 15.0 Å². The summed E-state index contributed by atoms with van der Waals surface area (Å²) in [6, 6.07) is 4.02. The number of hydrogen-bond acceptors (Lipinski definition) is 5. The molecule has 0 radical (unpaired) electrons. The number of carbonyl (C=O) groups is 1. The smallest absolute Gasteiger partial charge is 0.410 e. The predicted molar refractivity (Wildman–Crippen MR) is 87.4 cm³/mol. The third kappa shape index (κ3) is 5.39. The number of benzene rings is 1. The predicted octanol–water partition coefficient (Wildman–Crippen LogP) is 3.04. The van der Waals surface area contributed by atoms with E-state index in [-0.39, 0.29) is 11.5 Å². The highest BCUT2D eigenvalue weighted by Crippen LogP contribution is 2.27. The van der Waals surface area contributed by atoms with Crippen molar-refractivity contribution in [2.24, 2.45) is 0 Å². The molecule has 0 aliphatic rings. The van der Waals surface area contributed by atoms with Gasteiger partial charge in [-0.2, -0.15) is 0 Å². The molecule has 0 fully saturated rings. The minimum atomic E-state index is -0.610. The van der Waals surface area contributed by atoms with E-state index in [1.54, 1.807) is 33.9 Å². The van der Waals surface area contributed by atoms with Crippen LogP contribution in [0.1, 0.15) is 26.3 Å². The number of rotatable bonds is 5. The van der Waals surface area contributed by atoms with E-state index in [0.29, 0.717) is 12.2 Å². The van der Waals surface area contributed by atoms with Gasteiger partial charge >= 0.3 is 6.09 Å². The molecule has 0 spiro atoms.